The van der Waals surface area contributed by atoms with Crippen LogP contribution in [-0.4, -0.2) is 78.6 Å². The summed E-state index contributed by atoms with van der Waals surface area (Å²) in [6.45, 7) is 5.77. The SMILES string of the molecule is CCCCNc1ccc(C(=O)N(CCN2CCC(C(=O)c3ccc(F)cc3)CC2)c2ccccc2OC)cc1.O=C(O)/C=C/C(=O)O. The Morgan fingerprint density at radius 1 is 0.915 bits per heavy atom. The lowest BCUT2D eigenvalue weighted by molar-refractivity contribution is -0.134. The molecule has 47 heavy (non-hydrogen) atoms. The summed E-state index contributed by atoms with van der Waals surface area (Å²) in [4.78, 5) is 49.8. The molecule has 0 unspecified atom stereocenters. The van der Waals surface area contributed by atoms with Gasteiger partial charge in [0.2, 0.25) is 0 Å². The number of nitrogens with one attached hydrogen (secondary N) is 1. The standard InChI is InChI=1S/C32H38FN3O3.C4H4O4/c1-3-4-19-34-28-15-11-26(12-16-28)32(38)36(29-7-5-6-8-30(29)39-2)23-22-35-20-17-25(18-21-35)31(37)24-9-13-27(33)14-10-24;5-3(6)1-2-4(7)8/h5-16,25,34H,3-4,17-23H2,1-2H3;1-2H,(H,5,6)(H,7,8)/b;2-1+. The van der Waals surface area contributed by atoms with Crippen LogP contribution in [0.5, 0.6) is 5.75 Å². The number of anilines is 2. The predicted octanol–water partition coefficient (Wildman–Crippen LogP) is 6.00. The number of carbonyl (C=O) groups is 4. The summed E-state index contributed by atoms with van der Waals surface area (Å²) in [7, 11) is 1.61. The van der Waals surface area contributed by atoms with Crippen molar-refractivity contribution in [3.8, 4) is 5.75 Å². The lowest BCUT2D eigenvalue weighted by Crippen LogP contribution is -2.43. The number of likely N-dealkylation sites (tertiary alicyclic amines) is 1. The van der Waals surface area contributed by atoms with Crippen molar-refractivity contribution >= 4 is 35.0 Å². The Morgan fingerprint density at radius 2 is 1.51 bits per heavy atom. The van der Waals surface area contributed by atoms with Crippen molar-refractivity contribution in [2.45, 2.75) is 32.6 Å². The number of piperidine rings is 1. The molecule has 10 nitrogen and oxygen atoms in total. The minimum atomic E-state index is -1.26. The van der Waals surface area contributed by atoms with Gasteiger partial charge in [0.25, 0.3) is 5.91 Å². The number of ketones is 1. The minimum Gasteiger partial charge on any atom is -0.495 e. The van der Waals surface area contributed by atoms with Crippen LogP contribution < -0.4 is 15.0 Å². The molecule has 3 N–H and O–H groups in total. The van der Waals surface area contributed by atoms with Gasteiger partial charge in [-0.3, -0.25) is 9.59 Å². The Labute approximate surface area is 274 Å². The maximum Gasteiger partial charge on any atom is 0.328 e. The molecule has 1 aliphatic heterocycles. The van der Waals surface area contributed by atoms with Gasteiger partial charge < -0.3 is 30.1 Å². The van der Waals surface area contributed by atoms with Gasteiger partial charge in [0.15, 0.2) is 5.78 Å². The van der Waals surface area contributed by atoms with E-state index >= 15 is 0 Å². The third kappa shape index (κ3) is 11.7. The van der Waals surface area contributed by atoms with Gasteiger partial charge in [-0.05, 0) is 93.0 Å². The van der Waals surface area contributed by atoms with Crippen molar-refractivity contribution in [3.63, 3.8) is 0 Å². The van der Waals surface area contributed by atoms with Gasteiger partial charge in [-0.1, -0.05) is 25.5 Å². The van der Waals surface area contributed by atoms with Crippen molar-refractivity contribution in [2.24, 2.45) is 5.92 Å². The molecule has 0 spiro atoms. The molecule has 3 aromatic rings. The van der Waals surface area contributed by atoms with Gasteiger partial charge in [0.05, 0.1) is 12.8 Å². The fourth-order valence-electron chi connectivity index (χ4n) is 5.13. The first-order valence-corrected chi connectivity index (χ1v) is 15.6. The smallest absolute Gasteiger partial charge is 0.328 e. The van der Waals surface area contributed by atoms with Crippen LogP contribution in [0.15, 0.2) is 84.9 Å². The monoisotopic (exact) mass is 647 g/mol. The first-order chi connectivity index (χ1) is 22.6. The number of aliphatic carboxylic acids is 2. The first kappa shape index (κ1) is 36.4. The van der Waals surface area contributed by atoms with Crippen LogP contribution >= 0.6 is 0 Å². The summed E-state index contributed by atoms with van der Waals surface area (Å²) in [6.07, 6.45) is 4.82. The normalized spacial score (nSPS) is 13.3. The lowest BCUT2D eigenvalue weighted by Gasteiger charge is -2.33. The van der Waals surface area contributed by atoms with Crippen LogP contribution in [0.4, 0.5) is 15.8 Å². The number of para-hydroxylation sites is 2. The number of ether oxygens (including phenoxy) is 1. The van der Waals surface area contributed by atoms with E-state index in [9.17, 15) is 23.6 Å². The average molecular weight is 648 g/mol. The second-order valence-corrected chi connectivity index (χ2v) is 11.0. The molecule has 1 saturated heterocycles. The van der Waals surface area contributed by atoms with E-state index in [1.54, 1.807) is 24.1 Å². The largest absolute Gasteiger partial charge is 0.495 e. The summed E-state index contributed by atoms with van der Waals surface area (Å²) in [5.41, 5.74) is 2.92. The Bertz CT molecular complexity index is 1490. The maximum atomic E-state index is 13.7. The number of hydrogen-bond donors (Lipinski definition) is 3. The van der Waals surface area contributed by atoms with Crippen molar-refractivity contribution in [3.05, 3.63) is 102 Å². The molecular weight excluding hydrogens is 605 g/mol. The zero-order valence-corrected chi connectivity index (χ0v) is 26.7. The molecule has 1 fully saturated rings. The van der Waals surface area contributed by atoms with Gasteiger partial charge in [-0.25, -0.2) is 14.0 Å². The van der Waals surface area contributed by atoms with Crippen LogP contribution in [0.1, 0.15) is 53.3 Å². The van der Waals surface area contributed by atoms with Crippen molar-refractivity contribution < 1.29 is 38.5 Å². The number of benzene rings is 3. The number of carboxylic acids is 2. The number of rotatable bonds is 14. The minimum absolute atomic E-state index is 0.0666. The number of unbranched alkanes of at least 4 members (excludes halogenated alkanes) is 1. The topological polar surface area (TPSA) is 136 Å². The predicted molar refractivity (Wildman–Crippen MR) is 179 cm³/mol. The molecule has 1 heterocycles. The van der Waals surface area contributed by atoms with E-state index < -0.39 is 11.9 Å². The Hall–Kier alpha value is -5.03. The number of Topliss-reactive ketones (excluding diaryl/α,β-unsaturated/α-hetero) is 1. The van der Waals surface area contributed by atoms with E-state index in [2.05, 4.69) is 17.1 Å². The molecule has 0 aromatic heterocycles. The van der Waals surface area contributed by atoms with Crippen LogP contribution in [0.2, 0.25) is 0 Å². The summed E-state index contributed by atoms with van der Waals surface area (Å²) in [6, 6.07) is 21.0. The van der Waals surface area contributed by atoms with Crippen molar-refractivity contribution in [1.29, 1.82) is 0 Å². The third-order valence-electron chi connectivity index (χ3n) is 7.71. The van der Waals surface area contributed by atoms with Crippen LogP contribution in [0.25, 0.3) is 0 Å². The molecule has 4 rings (SSSR count). The lowest BCUT2D eigenvalue weighted by atomic mass is 9.89. The molecule has 0 atom stereocenters. The van der Waals surface area contributed by atoms with Crippen LogP contribution in [-0.2, 0) is 9.59 Å². The second-order valence-electron chi connectivity index (χ2n) is 11.0. The number of hydrogen-bond acceptors (Lipinski definition) is 7. The number of nitrogens with zero attached hydrogens (tertiary/aromatic N) is 2. The van der Waals surface area contributed by atoms with E-state index in [0.29, 0.717) is 42.1 Å². The van der Waals surface area contributed by atoms with Crippen LogP contribution in [0, 0.1) is 11.7 Å². The number of carbonyl (C=O) groups excluding carboxylic acids is 2. The van der Waals surface area contributed by atoms with Crippen molar-refractivity contribution in [2.75, 3.05) is 50.1 Å². The van der Waals surface area contributed by atoms with E-state index in [1.807, 2.05) is 48.5 Å². The van der Waals surface area contributed by atoms with Gasteiger partial charge in [0, 0.05) is 54.5 Å². The molecule has 0 aliphatic carbocycles. The zero-order chi connectivity index (χ0) is 34.2. The van der Waals surface area contributed by atoms with E-state index in [1.165, 1.54) is 12.1 Å². The highest BCUT2D eigenvalue weighted by Crippen LogP contribution is 2.30. The quantitative estimate of drug-likeness (QED) is 0.109. The van der Waals surface area contributed by atoms with Gasteiger partial charge in [-0.2, -0.15) is 0 Å². The Balaban J connectivity index is 0.000000665. The number of carboxylic acid groups (broad SMARTS) is 2. The summed E-state index contributed by atoms with van der Waals surface area (Å²) in [5.74, 6) is -2.28. The van der Waals surface area contributed by atoms with Gasteiger partial charge >= 0.3 is 11.9 Å². The summed E-state index contributed by atoms with van der Waals surface area (Å²) >= 11 is 0. The fraction of sp³-hybridized carbons (Fsp3) is 0.333. The highest BCUT2D eigenvalue weighted by Gasteiger charge is 2.27. The molecule has 0 bridgehead atoms. The molecule has 3 aromatic carbocycles. The fourth-order valence-corrected chi connectivity index (χ4v) is 5.13. The molecule has 11 heteroatoms. The number of methoxy groups -OCH3 is 1. The van der Waals surface area contributed by atoms with Gasteiger partial charge in [-0.15, -0.1) is 0 Å². The highest BCUT2D eigenvalue weighted by atomic mass is 19.1. The number of halogens is 1. The Kier molecular flexibility index (Phi) is 14.6. The maximum absolute atomic E-state index is 13.7. The van der Waals surface area contributed by atoms with E-state index in [0.717, 1.165) is 56.7 Å². The highest BCUT2D eigenvalue weighted by molar-refractivity contribution is 6.07. The molecule has 0 saturated carbocycles. The first-order valence-electron chi connectivity index (χ1n) is 15.6. The molecule has 1 amide bonds. The summed E-state index contributed by atoms with van der Waals surface area (Å²) in [5, 5.41) is 19.0. The second kappa shape index (κ2) is 18.8. The average Bonchev–Trinajstić information content (AvgIpc) is 3.08. The van der Waals surface area contributed by atoms with Gasteiger partial charge in [0.1, 0.15) is 11.6 Å². The third-order valence-corrected chi connectivity index (χ3v) is 7.71. The molecular formula is C36H42FN3O7. The summed E-state index contributed by atoms with van der Waals surface area (Å²) < 4.78 is 18.8. The molecule has 0 radical (unpaired) electrons. The zero-order valence-electron chi connectivity index (χ0n) is 26.7. The number of amides is 1. The molecule has 1 aliphatic rings. The van der Waals surface area contributed by atoms with E-state index in [-0.39, 0.29) is 23.4 Å². The van der Waals surface area contributed by atoms with E-state index in [4.69, 9.17) is 14.9 Å². The Morgan fingerprint density at radius 3 is 2.09 bits per heavy atom. The molecule has 250 valence electrons. The van der Waals surface area contributed by atoms with Crippen LogP contribution in [0.3, 0.4) is 0 Å². The van der Waals surface area contributed by atoms with Crippen molar-refractivity contribution in [1.82, 2.24) is 4.90 Å².